The van der Waals surface area contributed by atoms with E-state index in [9.17, 15) is 8.42 Å². The second-order valence-electron chi connectivity index (χ2n) is 1.69. The summed E-state index contributed by atoms with van der Waals surface area (Å²) in [6, 6.07) is 0. The van der Waals surface area contributed by atoms with Gasteiger partial charge in [0.15, 0.2) is 0 Å². The van der Waals surface area contributed by atoms with Gasteiger partial charge in [-0.1, -0.05) is 0 Å². The molecule has 0 aliphatic rings. The van der Waals surface area contributed by atoms with E-state index in [1.54, 1.807) is 13.8 Å². The van der Waals surface area contributed by atoms with Crippen LogP contribution < -0.4 is 6.15 Å². The van der Waals surface area contributed by atoms with Gasteiger partial charge in [0.2, 0.25) is 0 Å². The van der Waals surface area contributed by atoms with E-state index in [0.29, 0.717) is 0 Å². The van der Waals surface area contributed by atoms with Gasteiger partial charge in [0, 0.05) is 6.10 Å². The maximum absolute atomic E-state index is 9.33. The second kappa shape index (κ2) is 7.89. The summed E-state index contributed by atoms with van der Waals surface area (Å²) in [6.07, 6.45) is -0.167. The van der Waals surface area contributed by atoms with E-state index in [-0.39, 0.29) is 12.3 Å². The van der Waals surface area contributed by atoms with E-state index in [2.05, 4.69) is 4.18 Å². The van der Waals surface area contributed by atoms with Crippen molar-refractivity contribution in [2.75, 3.05) is 7.11 Å². The zero-order valence-corrected chi connectivity index (χ0v) is 7.63. The first-order valence-corrected chi connectivity index (χ1v) is 3.87. The molecule has 0 aliphatic carbocycles. The largest absolute Gasteiger partial charge is 0.397 e. The van der Waals surface area contributed by atoms with E-state index in [0.717, 1.165) is 7.11 Å². The van der Waals surface area contributed by atoms with Gasteiger partial charge in [-0.15, -0.1) is 0 Å². The van der Waals surface area contributed by atoms with Crippen LogP contribution in [0.1, 0.15) is 13.8 Å². The Hall–Kier alpha value is -0.210. The van der Waals surface area contributed by atoms with E-state index >= 15 is 0 Å². The van der Waals surface area contributed by atoms with Crippen molar-refractivity contribution in [3.8, 4) is 0 Å². The first kappa shape index (κ1) is 17.0. The molecule has 0 saturated heterocycles. The first-order valence-electron chi connectivity index (χ1n) is 2.50. The highest BCUT2D eigenvalue weighted by atomic mass is 32.3. The molecule has 0 unspecified atom stereocenters. The van der Waals surface area contributed by atoms with Crippen LogP contribution in [0.25, 0.3) is 0 Å². The smallest absolute Gasteiger partial charge is 0.394 e. The molecule has 0 aromatic carbocycles. The molecule has 0 heterocycles. The maximum atomic E-state index is 9.33. The summed E-state index contributed by atoms with van der Waals surface area (Å²) in [5, 5.41) is 8.06. The van der Waals surface area contributed by atoms with Crippen LogP contribution in [0.2, 0.25) is 0 Å². The Balaban J connectivity index is -0.000000114. The van der Waals surface area contributed by atoms with Crippen molar-refractivity contribution in [2.24, 2.45) is 0 Å². The zero-order chi connectivity index (χ0) is 8.78. The standard InChI is InChI=1S/C3H8O.CH4O4S.H3N/c1-3(2)4;1-5-6(2,3)4;/h3-4H,1-2H3;1H3,(H,2,3,4);1H3. The summed E-state index contributed by atoms with van der Waals surface area (Å²) < 4.78 is 29.7. The number of rotatable bonds is 1. The Morgan fingerprint density at radius 2 is 1.45 bits per heavy atom. The Bertz CT molecular complexity index is 149. The molecule has 72 valence electrons. The van der Waals surface area contributed by atoms with E-state index in [1.165, 1.54) is 0 Å². The summed E-state index contributed by atoms with van der Waals surface area (Å²) >= 11 is 0. The fraction of sp³-hybridized carbons (Fsp3) is 1.00. The minimum atomic E-state index is -4.16. The molecule has 0 saturated carbocycles. The number of aliphatic hydroxyl groups excluding tert-OH is 1. The van der Waals surface area contributed by atoms with Crippen LogP contribution in [-0.2, 0) is 14.6 Å². The van der Waals surface area contributed by atoms with Crippen molar-refractivity contribution in [1.29, 1.82) is 0 Å². The van der Waals surface area contributed by atoms with Crippen LogP contribution in [0, 0.1) is 0 Å². The minimum absolute atomic E-state index is 0. The van der Waals surface area contributed by atoms with Gasteiger partial charge in [-0.25, -0.2) is 0 Å². The quantitative estimate of drug-likeness (QED) is 0.499. The Kier molecular flexibility index (Phi) is 12.2. The molecule has 0 aromatic heterocycles. The minimum Gasteiger partial charge on any atom is -0.394 e. The van der Waals surface area contributed by atoms with Crippen molar-refractivity contribution in [1.82, 2.24) is 6.15 Å². The van der Waals surface area contributed by atoms with Gasteiger partial charge in [0.1, 0.15) is 0 Å². The maximum Gasteiger partial charge on any atom is 0.397 e. The lowest BCUT2D eigenvalue weighted by Crippen LogP contribution is -1.96. The molecule has 7 heteroatoms. The molecule has 6 nitrogen and oxygen atoms in total. The monoisotopic (exact) mass is 189 g/mol. The highest BCUT2D eigenvalue weighted by Gasteiger charge is 1.93. The lowest BCUT2D eigenvalue weighted by atomic mass is 10.5. The Labute approximate surface area is 66.7 Å². The van der Waals surface area contributed by atoms with Crippen molar-refractivity contribution in [3.05, 3.63) is 0 Å². The average molecular weight is 189 g/mol. The topological polar surface area (TPSA) is 119 Å². The summed E-state index contributed by atoms with van der Waals surface area (Å²) in [7, 11) is -3.29. The predicted octanol–water partition coefficient (Wildman–Crippen LogP) is -0.0153. The lowest BCUT2D eigenvalue weighted by Gasteiger charge is -1.82. The number of aliphatic hydroxyl groups is 1. The molecule has 0 atom stereocenters. The molecule has 0 aliphatic heterocycles. The molecule has 0 radical (unpaired) electrons. The third-order valence-electron chi connectivity index (χ3n) is 0.211. The van der Waals surface area contributed by atoms with Crippen molar-refractivity contribution in [3.63, 3.8) is 0 Å². The molecule has 0 aromatic rings. The molecule has 0 bridgehead atoms. The summed E-state index contributed by atoms with van der Waals surface area (Å²) in [6.45, 7) is 3.44. The highest BCUT2D eigenvalue weighted by Crippen LogP contribution is 1.74. The van der Waals surface area contributed by atoms with Crippen LogP contribution >= 0.6 is 0 Å². The van der Waals surface area contributed by atoms with Crippen LogP contribution in [0.4, 0.5) is 0 Å². The Morgan fingerprint density at radius 3 is 1.45 bits per heavy atom. The van der Waals surface area contributed by atoms with Gasteiger partial charge >= 0.3 is 10.4 Å². The summed E-state index contributed by atoms with van der Waals surface area (Å²) in [5.41, 5.74) is 0. The number of hydrogen-bond donors (Lipinski definition) is 3. The fourth-order valence-corrected chi connectivity index (χ4v) is 0. The van der Waals surface area contributed by atoms with Gasteiger partial charge in [-0.2, -0.15) is 8.42 Å². The van der Waals surface area contributed by atoms with Crippen molar-refractivity contribution in [2.45, 2.75) is 20.0 Å². The average Bonchev–Trinajstić information content (AvgIpc) is 1.63. The van der Waals surface area contributed by atoms with Gasteiger partial charge in [-0.3, -0.25) is 8.74 Å². The van der Waals surface area contributed by atoms with E-state index in [1.807, 2.05) is 0 Å². The molecular weight excluding hydrogens is 174 g/mol. The SMILES string of the molecule is CC(C)O.COS(=O)(=O)O.N. The molecule has 5 N–H and O–H groups in total. The van der Waals surface area contributed by atoms with Crippen molar-refractivity contribution >= 4 is 10.4 Å². The normalized spacial score (nSPS) is 9.64. The lowest BCUT2D eigenvalue weighted by molar-refractivity contribution is 0.216. The van der Waals surface area contributed by atoms with Crippen LogP contribution in [0.15, 0.2) is 0 Å². The molecule has 11 heavy (non-hydrogen) atoms. The zero-order valence-electron chi connectivity index (χ0n) is 6.81. The van der Waals surface area contributed by atoms with Gasteiger partial charge in [0.25, 0.3) is 0 Å². The molecule has 0 spiro atoms. The molecule has 0 fully saturated rings. The van der Waals surface area contributed by atoms with Gasteiger partial charge < -0.3 is 11.3 Å². The molecule has 0 amide bonds. The van der Waals surface area contributed by atoms with Crippen LogP contribution in [-0.4, -0.2) is 31.3 Å². The first-order chi connectivity index (χ1) is 4.29. The third kappa shape index (κ3) is 76.3. The molecule has 0 rings (SSSR count). The molecular formula is C4H15NO5S. The highest BCUT2D eigenvalue weighted by molar-refractivity contribution is 7.80. The summed E-state index contributed by atoms with van der Waals surface area (Å²) in [4.78, 5) is 0. The number of hydrogen-bond acceptors (Lipinski definition) is 5. The predicted molar refractivity (Wildman–Crippen MR) is 40.9 cm³/mol. The van der Waals surface area contributed by atoms with E-state index < -0.39 is 10.4 Å². The summed E-state index contributed by atoms with van der Waals surface area (Å²) in [5.74, 6) is 0. The van der Waals surface area contributed by atoms with Crippen LogP contribution in [0.5, 0.6) is 0 Å². The van der Waals surface area contributed by atoms with E-state index in [4.69, 9.17) is 9.66 Å². The Morgan fingerprint density at radius 1 is 1.36 bits per heavy atom. The third-order valence-corrected chi connectivity index (χ3v) is 0.632. The van der Waals surface area contributed by atoms with Gasteiger partial charge in [0.05, 0.1) is 7.11 Å². The van der Waals surface area contributed by atoms with Crippen LogP contribution in [0.3, 0.4) is 0 Å². The second-order valence-corrected chi connectivity index (χ2v) is 2.88. The van der Waals surface area contributed by atoms with Gasteiger partial charge in [-0.05, 0) is 13.8 Å². The fourth-order valence-electron chi connectivity index (χ4n) is 0. The van der Waals surface area contributed by atoms with Crippen molar-refractivity contribution < 1.29 is 22.3 Å².